The molecule has 144 valence electrons. The van der Waals surface area contributed by atoms with E-state index in [0.717, 1.165) is 62.5 Å². The standard InChI is InChI=1S/C21H27N3O3/c1-16-2-7-20(23-22-16)24-12-8-18(9-13-24)11-15-27-14-10-17-3-5-19(6-4-17)21(25)26/h2-7,18H,8-15H2,1H3,(H,25,26). The fourth-order valence-electron chi connectivity index (χ4n) is 3.37. The highest BCUT2D eigenvalue weighted by molar-refractivity contribution is 5.87. The van der Waals surface area contributed by atoms with E-state index in [9.17, 15) is 4.79 Å². The first-order chi connectivity index (χ1) is 13.1. The maximum Gasteiger partial charge on any atom is 0.335 e. The molecule has 0 atom stereocenters. The van der Waals surface area contributed by atoms with E-state index in [2.05, 4.69) is 21.2 Å². The molecule has 1 aromatic carbocycles. The zero-order chi connectivity index (χ0) is 19.1. The lowest BCUT2D eigenvalue weighted by Gasteiger charge is -2.32. The first kappa shape index (κ1) is 19.3. The molecule has 2 aromatic rings. The number of rotatable bonds is 8. The number of carbonyl (C=O) groups is 1. The number of hydrogen-bond acceptors (Lipinski definition) is 5. The van der Waals surface area contributed by atoms with Crippen LogP contribution in [0.1, 0.15) is 40.9 Å². The maximum absolute atomic E-state index is 10.8. The van der Waals surface area contributed by atoms with Crippen molar-refractivity contribution in [2.45, 2.75) is 32.6 Å². The van der Waals surface area contributed by atoms with E-state index in [-0.39, 0.29) is 0 Å². The number of carboxylic acids is 1. The van der Waals surface area contributed by atoms with Crippen LogP contribution >= 0.6 is 0 Å². The molecule has 1 fully saturated rings. The van der Waals surface area contributed by atoms with Crippen LogP contribution in [0.2, 0.25) is 0 Å². The van der Waals surface area contributed by atoms with Gasteiger partial charge in [-0.25, -0.2) is 4.79 Å². The Morgan fingerprint density at radius 2 is 1.85 bits per heavy atom. The first-order valence-corrected chi connectivity index (χ1v) is 9.57. The van der Waals surface area contributed by atoms with E-state index in [1.807, 2.05) is 25.1 Å². The number of anilines is 1. The molecule has 1 aromatic heterocycles. The summed E-state index contributed by atoms with van der Waals surface area (Å²) in [5.74, 6) is 0.789. The van der Waals surface area contributed by atoms with Crippen molar-refractivity contribution in [2.24, 2.45) is 5.92 Å². The van der Waals surface area contributed by atoms with Gasteiger partial charge in [0, 0.05) is 19.7 Å². The Morgan fingerprint density at radius 1 is 1.11 bits per heavy atom. The lowest BCUT2D eigenvalue weighted by Crippen LogP contribution is -2.34. The predicted octanol–water partition coefficient (Wildman–Crippen LogP) is 3.35. The third kappa shape index (κ3) is 5.76. The number of aromatic nitrogens is 2. The molecule has 0 amide bonds. The molecule has 0 bridgehead atoms. The van der Waals surface area contributed by atoms with Crippen LogP contribution in [0.25, 0.3) is 0 Å². The van der Waals surface area contributed by atoms with Crippen molar-refractivity contribution in [3.05, 3.63) is 53.2 Å². The molecule has 0 spiro atoms. The number of aryl methyl sites for hydroxylation is 1. The minimum atomic E-state index is -0.890. The molecule has 6 heteroatoms. The first-order valence-electron chi connectivity index (χ1n) is 9.57. The van der Waals surface area contributed by atoms with Crippen molar-refractivity contribution < 1.29 is 14.6 Å². The van der Waals surface area contributed by atoms with E-state index in [0.29, 0.717) is 18.1 Å². The fourth-order valence-corrected chi connectivity index (χ4v) is 3.37. The summed E-state index contributed by atoms with van der Waals surface area (Å²) in [7, 11) is 0. The molecule has 0 aliphatic carbocycles. The van der Waals surface area contributed by atoms with Crippen molar-refractivity contribution >= 4 is 11.8 Å². The molecule has 0 saturated carbocycles. The highest BCUT2D eigenvalue weighted by atomic mass is 16.5. The van der Waals surface area contributed by atoms with Crippen LogP contribution in [0, 0.1) is 12.8 Å². The SMILES string of the molecule is Cc1ccc(N2CCC(CCOCCc3ccc(C(=O)O)cc3)CC2)nn1. The van der Waals surface area contributed by atoms with Crippen LogP contribution in [-0.4, -0.2) is 47.6 Å². The average Bonchev–Trinajstić information content (AvgIpc) is 2.69. The van der Waals surface area contributed by atoms with Crippen molar-refractivity contribution in [3.63, 3.8) is 0 Å². The van der Waals surface area contributed by atoms with Crippen molar-refractivity contribution in [2.75, 3.05) is 31.2 Å². The molecular weight excluding hydrogens is 342 g/mol. The monoisotopic (exact) mass is 369 g/mol. The highest BCUT2D eigenvalue weighted by Crippen LogP contribution is 2.23. The van der Waals surface area contributed by atoms with Gasteiger partial charge in [-0.3, -0.25) is 0 Å². The van der Waals surface area contributed by atoms with Crippen LogP contribution in [0.4, 0.5) is 5.82 Å². The highest BCUT2D eigenvalue weighted by Gasteiger charge is 2.20. The van der Waals surface area contributed by atoms with Gasteiger partial charge in [-0.2, -0.15) is 5.10 Å². The molecule has 3 rings (SSSR count). The van der Waals surface area contributed by atoms with Gasteiger partial charge in [0.2, 0.25) is 0 Å². The Kier molecular flexibility index (Phi) is 6.76. The Hall–Kier alpha value is -2.47. The summed E-state index contributed by atoms with van der Waals surface area (Å²) in [6, 6.07) is 11.1. The predicted molar refractivity (Wildman–Crippen MR) is 104 cm³/mol. The lowest BCUT2D eigenvalue weighted by atomic mass is 9.94. The van der Waals surface area contributed by atoms with Gasteiger partial charge in [-0.05, 0) is 68.4 Å². The normalized spacial score (nSPS) is 15.1. The zero-order valence-electron chi connectivity index (χ0n) is 15.8. The largest absolute Gasteiger partial charge is 0.478 e. The molecule has 1 N–H and O–H groups in total. The second kappa shape index (κ2) is 9.46. The molecule has 2 heterocycles. The molecule has 1 aliphatic heterocycles. The average molecular weight is 369 g/mol. The second-order valence-corrected chi connectivity index (χ2v) is 7.12. The van der Waals surface area contributed by atoms with Crippen LogP contribution in [0.3, 0.4) is 0 Å². The van der Waals surface area contributed by atoms with Gasteiger partial charge >= 0.3 is 5.97 Å². The molecule has 6 nitrogen and oxygen atoms in total. The van der Waals surface area contributed by atoms with Crippen LogP contribution < -0.4 is 4.90 Å². The van der Waals surface area contributed by atoms with Crippen LogP contribution in [-0.2, 0) is 11.2 Å². The summed E-state index contributed by atoms with van der Waals surface area (Å²) in [5, 5.41) is 17.3. The number of hydrogen-bond donors (Lipinski definition) is 1. The van der Waals surface area contributed by atoms with E-state index in [1.54, 1.807) is 12.1 Å². The number of carboxylic acid groups (broad SMARTS) is 1. The van der Waals surface area contributed by atoms with E-state index in [4.69, 9.17) is 9.84 Å². The fraction of sp³-hybridized carbons (Fsp3) is 0.476. The smallest absolute Gasteiger partial charge is 0.335 e. The topological polar surface area (TPSA) is 75.5 Å². The van der Waals surface area contributed by atoms with E-state index >= 15 is 0 Å². The second-order valence-electron chi connectivity index (χ2n) is 7.12. The van der Waals surface area contributed by atoms with Gasteiger partial charge < -0.3 is 14.7 Å². The summed E-state index contributed by atoms with van der Waals surface area (Å²) in [4.78, 5) is 13.2. The Morgan fingerprint density at radius 3 is 2.48 bits per heavy atom. The Balaban J connectivity index is 1.30. The third-order valence-electron chi connectivity index (χ3n) is 5.13. The summed E-state index contributed by atoms with van der Waals surface area (Å²) < 4.78 is 5.79. The molecule has 27 heavy (non-hydrogen) atoms. The maximum atomic E-state index is 10.8. The number of aromatic carboxylic acids is 1. The van der Waals surface area contributed by atoms with Gasteiger partial charge in [0.1, 0.15) is 0 Å². The minimum Gasteiger partial charge on any atom is -0.478 e. The zero-order valence-corrected chi connectivity index (χ0v) is 15.8. The van der Waals surface area contributed by atoms with E-state index < -0.39 is 5.97 Å². The van der Waals surface area contributed by atoms with Gasteiger partial charge in [-0.1, -0.05) is 12.1 Å². The number of benzene rings is 1. The lowest BCUT2D eigenvalue weighted by molar-refractivity contribution is 0.0697. The van der Waals surface area contributed by atoms with Gasteiger partial charge in [0.05, 0.1) is 17.9 Å². The number of ether oxygens (including phenoxy) is 1. The van der Waals surface area contributed by atoms with Gasteiger partial charge in [0.25, 0.3) is 0 Å². The summed E-state index contributed by atoms with van der Waals surface area (Å²) >= 11 is 0. The molecular formula is C21H27N3O3. The Labute approximate surface area is 160 Å². The van der Waals surface area contributed by atoms with Crippen molar-refractivity contribution in [3.8, 4) is 0 Å². The van der Waals surface area contributed by atoms with Crippen LogP contribution in [0.15, 0.2) is 36.4 Å². The molecule has 1 saturated heterocycles. The summed E-state index contributed by atoms with van der Waals surface area (Å²) in [5.41, 5.74) is 2.37. The van der Waals surface area contributed by atoms with Gasteiger partial charge in [0.15, 0.2) is 5.82 Å². The number of piperidine rings is 1. The van der Waals surface area contributed by atoms with Gasteiger partial charge in [-0.15, -0.1) is 5.10 Å². The molecule has 0 unspecified atom stereocenters. The summed E-state index contributed by atoms with van der Waals surface area (Å²) in [6.45, 7) is 5.46. The van der Waals surface area contributed by atoms with E-state index in [1.165, 1.54) is 0 Å². The van der Waals surface area contributed by atoms with Crippen molar-refractivity contribution in [1.29, 1.82) is 0 Å². The van der Waals surface area contributed by atoms with Crippen molar-refractivity contribution in [1.82, 2.24) is 10.2 Å². The quantitative estimate of drug-likeness (QED) is 0.719. The Bertz CT molecular complexity index is 723. The molecule has 0 radical (unpaired) electrons. The summed E-state index contributed by atoms with van der Waals surface area (Å²) in [6.07, 6.45) is 4.22. The van der Waals surface area contributed by atoms with Crippen LogP contribution in [0.5, 0.6) is 0 Å². The molecule has 1 aliphatic rings. The minimum absolute atomic E-state index is 0.322. The number of nitrogens with zero attached hydrogens (tertiary/aromatic N) is 3. The third-order valence-corrected chi connectivity index (χ3v) is 5.13.